The summed E-state index contributed by atoms with van der Waals surface area (Å²) in [6, 6.07) is 3.72. The number of hydrogen-bond donors (Lipinski definition) is 2. The van der Waals surface area contributed by atoms with Gasteiger partial charge in [-0.05, 0) is 18.6 Å². The van der Waals surface area contributed by atoms with Crippen LogP contribution in [0.4, 0.5) is 0 Å². The van der Waals surface area contributed by atoms with Gasteiger partial charge in [-0.1, -0.05) is 12.0 Å². The van der Waals surface area contributed by atoms with E-state index in [4.69, 9.17) is 6.42 Å². The topological polar surface area (TPSA) is 54.0 Å². The van der Waals surface area contributed by atoms with Gasteiger partial charge in [-0.15, -0.1) is 6.42 Å². The summed E-state index contributed by atoms with van der Waals surface area (Å²) in [5.41, 5.74) is 0.979. The van der Waals surface area contributed by atoms with Gasteiger partial charge < -0.3 is 5.32 Å². The van der Waals surface area contributed by atoms with Gasteiger partial charge in [-0.2, -0.15) is 0 Å². The number of carbonyl (C=O) groups is 1. The molecule has 0 unspecified atom stereocenters. The van der Waals surface area contributed by atoms with Crippen LogP contribution < -0.4 is 10.6 Å². The molecule has 1 heterocycles. The molecule has 1 aromatic heterocycles. The summed E-state index contributed by atoms with van der Waals surface area (Å²) in [6.45, 7) is 2.54. The minimum atomic E-state index is -0.0772. The second-order valence-electron chi connectivity index (χ2n) is 3.38. The number of amides is 1. The third kappa shape index (κ3) is 4.11. The molecule has 84 valence electrons. The van der Waals surface area contributed by atoms with Crippen molar-refractivity contribution < 1.29 is 4.79 Å². The Hall–Kier alpha value is -1.86. The van der Waals surface area contributed by atoms with Gasteiger partial charge in [0.1, 0.15) is 0 Å². The van der Waals surface area contributed by atoms with Crippen molar-refractivity contribution in [2.45, 2.75) is 13.0 Å². The average molecular weight is 217 g/mol. The number of pyridine rings is 1. The largest absolute Gasteiger partial charge is 0.348 e. The molecule has 1 rings (SSSR count). The molecule has 0 radical (unpaired) electrons. The van der Waals surface area contributed by atoms with Crippen molar-refractivity contribution in [3.8, 4) is 12.3 Å². The van der Waals surface area contributed by atoms with Crippen LogP contribution in [-0.2, 0) is 4.79 Å². The van der Waals surface area contributed by atoms with Gasteiger partial charge in [0.25, 0.3) is 0 Å². The van der Waals surface area contributed by atoms with Crippen LogP contribution in [0.25, 0.3) is 0 Å². The molecule has 0 aromatic carbocycles. The van der Waals surface area contributed by atoms with Crippen LogP contribution in [0, 0.1) is 12.3 Å². The summed E-state index contributed by atoms with van der Waals surface area (Å²) >= 11 is 0. The van der Waals surface area contributed by atoms with Crippen molar-refractivity contribution in [3.63, 3.8) is 0 Å². The van der Waals surface area contributed by atoms with Gasteiger partial charge in [0.15, 0.2) is 0 Å². The van der Waals surface area contributed by atoms with Gasteiger partial charge in [-0.25, -0.2) is 0 Å². The Balaban J connectivity index is 2.37. The van der Waals surface area contributed by atoms with Crippen LogP contribution in [0.3, 0.4) is 0 Å². The van der Waals surface area contributed by atoms with Gasteiger partial charge in [0, 0.05) is 12.4 Å². The first-order valence-corrected chi connectivity index (χ1v) is 5.07. The normalized spacial score (nSPS) is 11.5. The number of nitrogens with one attached hydrogen (secondary N) is 2. The van der Waals surface area contributed by atoms with Crippen LogP contribution in [0.15, 0.2) is 24.5 Å². The van der Waals surface area contributed by atoms with Gasteiger partial charge in [0.2, 0.25) is 5.91 Å². The highest BCUT2D eigenvalue weighted by atomic mass is 16.1. The Morgan fingerprint density at radius 3 is 3.12 bits per heavy atom. The molecule has 1 aromatic rings. The Bertz CT molecular complexity index is 370. The molecule has 0 bridgehead atoms. The number of rotatable bonds is 5. The van der Waals surface area contributed by atoms with Crippen LogP contribution in [0.2, 0.25) is 0 Å². The number of nitrogens with zero attached hydrogens (tertiary/aromatic N) is 1. The van der Waals surface area contributed by atoms with Crippen molar-refractivity contribution >= 4 is 5.91 Å². The van der Waals surface area contributed by atoms with E-state index in [0.717, 1.165) is 5.56 Å². The van der Waals surface area contributed by atoms with Crippen molar-refractivity contribution in [1.29, 1.82) is 0 Å². The smallest absolute Gasteiger partial charge is 0.234 e. The zero-order chi connectivity index (χ0) is 11.8. The van der Waals surface area contributed by atoms with E-state index >= 15 is 0 Å². The summed E-state index contributed by atoms with van der Waals surface area (Å²) < 4.78 is 0. The highest BCUT2D eigenvalue weighted by Crippen LogP contribution is 2.08. The molecule has 16 heavy (non-hydrogen) atoms. The molecule has 0 aliphatic rings. The summed E-state index contributed by atoms with van der Waals surface area (Å²) in [7, 11) is 0. The SMILES string of the molecule is C#CCNCC(=O)N[C@H](C)c1cccnc1. The summed E-state index contributed by atoms with van der Waals surface area (Å²) in [4.78, 5) is 15.4. The molecule has 0 aliphatic carbocycles. The van der Waals surface area contributed by atoms with E-state index in [1.807, 2.05) is 19.1 Å². The van der Waals surface area contributed by atoms with E-state index in [9.17, 15) is 4.79 Å². The molecule has 2 N–H and O–H groups in total. The molecule has 0 saturated heterocycles. The maximum absolute atomic E-state index is 11.4. The maximum atomic E-state index is 11.4. The molecule has 0 spiro atoms. The predicted molar refractivity (Wildman–Crippen MR) is 62.5 cm³/mol. The van der Waals surface area contributed by atoms with Gasteiger partial charge in [0.05, 0.1) is 19.1 Å². The van der Waals surface area contributed by atoms with Crippen molar-refractivity contribution in [2.75, 3.05) is 13.1 Å². The molecule has 0 saturated carbocycles. The van der Waals surface area contributed by atoms with E-state index in [2.05, 4.69) is 21.5 Å². The number of carbonyl (C=O) groups excluding carboxylic acids is 1. The quantitative estimate of drug-likeness (QED) is 0.557. The molecular formula is C12H15N3O. The van der Waals surface area contributed by atoms with Gasteiger partial charge >= 0.3 is 0 Å². The zero-order valence-corrected chi connectivity index (χ0v) is 9.23. The molecule has 0 fully saturated rings. The maximum Gasteiger partial charge on any atom is 0.234 e. The van der Waals surface area contributed by atoms with Gasteiger partial charge in [-0.3, -0.25) is 15.1 Å². The Labute approximate surface area is 95.5 Å². The minimum absolute atomic E-state index is 0.0474. The van der Waals surface area contributed by atoms with E-state index in [-0.39, 0.29) is 18.5 Å². The number of aromatic nitrogens is 1. The lowest BCUT2D eigenvalue weighted by Gasteiger charge is -2.13. The minimum Gasteiger partial charge on any atom is -0.348 e. The van der Waals surface area contributed by atoms with E-state index in [1.54, 1.807) is 12.4 Å². The third-order valence-corrected chi connectivity index (χ3v) is 2.07. The van der Waals surface area contributed by atoms with Crippen LogP contribution in [0.5, 0.6) is 0 Å². The van der Waals surface area contributed by atoms with Crippen LogP contribution in [-0.4, -0.2) is 24.0 Å². The summed E-state index contributed by atoms with van der Waals surface area (Å²) in [6.07, 6.45) is 8.49. The lowest BCUT2D eigenvalue weighted by Crippen LogP contribution is -2.35. The highest BCUT2D eigenvalue weighted by Gasteiger charge is 2.08. The monoisotopic (exact) mass is 217 g/mol. The highest BCUT2D eigenvalue weighted by molar-refractivity contribution is 5.78. The fourth-order valence-electron chi connectivity index (χ4n) is 1.26. The van der Waals surface area contributed by atoms with Crippen LogP contribution in [0.1, 0.15) is 18.5 Å². The average Bonchev–Trinajstić information content (AvgIpc) is 2.30. The van der Waals surface area contributed by atoms with Crippen molar-refractivity contribution in [1.82, 2.24) is 15.6 Å². The standard InChI is InChI=1S/C12H15N3O/c1-3-6-13-9-12(16)15-10(2)11-5-4-7-14-8-11/h1,4-5,7-8,10,13H,6,9H2,2H3,(H,15,16)/t10-/m1/s1. The molecule has 4 nitrogen and oxygen atoms in total. The van der Waals surface area contributed by atoms with E-state index in [0.29, 0.717) is 6.54 Å². The third-order valence-electron chi connectivity index (χ3n) is 2.07. The van der Waals surface area contributed by atoms with E-state index in [1.165, 1.54) is 0 Å². The summed E-state index contributed by atoms with van der Waals surface area (Å²) in [5.74, 6) is 2.33. The summed E-state index contributed by atoms with van der Waals surface area (Å²) in [5, 5.41) is 5.67. The second kappa shape index (κ2) is 6.59. The fraction of sp³-hybridized carbons (Fsp3) is 0.333. The zero-order valence-electron chi connectivity index (χ0n) is 9.23. The molecular weight excluding hydrogens is 202 g/mol. The molecule has 4 heteroatoms. The van der Waals surface area contributed by atoms with Crippen molar-refractivity contribution in [3.05, 3.63) is 30.1 Å². The first kappa shape index (κ1) is 12.2. The van der Waals surface area contributed by atoms with Crippen LogP contribution >= 0.6 is 0 Å². The number of terminal acetylenes is 1. The Morgan fingerprint density at radius 1 is 1.69 bits per heavy atom. The first-order valence-electron chi connectivity index (χ1n) is 5.07. The molecule has 1 amide bonds. The Kier molecular flexibility index (Phi) is 5.03. The van der Waals surface area contributed by atoms with Crippen molar-refractivity contribution in [2.24, 2.45) is 0 Å². The molecule has 0 aliphatic heterocycles. The predicted octanol–water partition coefficient (Wildman–Crippen LogP) is 0.482. The fourth-order valence-corrected chi connectivity index (χ4v) is 1.26. The second-order valence-corrected chi connectivity index (χ2v) is 3.38. The lowest BCUT2D eigenvalue weighted by molar-refractivity contribution is -0.120. The number of hydrogen-bond acceptors (Lipinski definition) is 3. The Morgan fingerprint density at radius 2 is 2.50 bits per heavy atom. The lowest BCUT2D eigenvalue weighted by atomic mass is 10.1. The molecule has 1 atom stereocenters. The first-order chi connectivity index (χ1) is 7.74. The van der Waals surface area contributed by atoms with E-state index < -0.39 is 0 Å².